The number of nitrogens with zero attached hydrogens (tertiary/aromatic N) is 2. The van der Waals surface area contributed by atoms with Gasteiger partial charge in [0, 0.05) is 18.1 Å². The monoisotopic (exact) mass is 438 g/mol. The van der Waals surface area contributed by atoms with Crippen LogP contribution < -0.4 is 0 Å². The van der Waals surface area contributed by atoms with E-state index in [0.29, 0.717) is 23.7 Å². The molecule has 2 aromatic carbocycles. The van der Waals surface area contributed by atoms with Gasteiger partial charge in [0.25, 0.3) is 5.91 Å². The predicted molar refractivity (Wildman–Crippen MR) is 124 cm³/mol. The Morgan fingerprint density at radius 2 is 1.84 bits per heavy atom. The van der Waals surface area contributed by atoms with Crippen molar-refractivity contribution in [1.82, 2.24) is 9.80 Å². The van der Waals surface area contributed by atoms with Crippen LogP contribution in [0.4, 0.5) is 0 Å². The van der Waals surface area contributed by atoms with Crippen LogP contribution in [0.3, 0.4) is 0 Å². The van der Waals surface area contributed by atoms with Gasteiger partial charge in [-0.25, -0.2) is 0 Å². The minimum atomic E-state index is -0.685. The molecule has 0 aromatic heterocycles. The third-order valence-electron chi connectivity index (χ3n) is 5.51. The zero-order valence-electron chi connectivity index (χ0n) is 17.8. The number of aliphatic hydroxyl groups excluding tert-OH is 1. The number of hydrogen-bond acceptors (Lipinski definition) is 4. The smallest absolute Gasteiger partial charge is 0.290 e. The first-order valence-electron chi connectivity index (χ1n) is 10.5. The fourth-order valence-electron chi connectivity index (χ4n) is 3.77. The molecule has 1 amide bonds. The van der Waals surface area contributed by atoms with Crippen LogP contribution in [0.5, 0.6) is 0 Å². The number of benzene rings is 2. The van der Waals surface area contributed by atoms with Gasteiger partial charge in [-0.2, -0.15) is 0 Å². The minimum absolute atomic E-state index is 0.0824. The van der Waals surface area contributed by atoms with Crippen molar-refractivity contribution in [3.05, 3.63) is 88.2 Å². The number of hydrogen-bond donors (Lipinski definition) is 1. The van der Waals surface area contributed by atoms with Crippen LogP contribution in [0.15, 0.2) is 72.0 Å². The number of halogens is 1. The highest BCUT2D eigenvalue weighted by Crippen LogP contribution is 2.38. The summed E-state index contributed by atoms with van der Waals surface area (Å²) >= 11 is 6.20. The number of carbonyl (C=O) groups is 2. The standard InChI is InChI=1S/C25H27ClN2O3/c1-3-27(4-2)15-16-28-23(19-11-8-12-20(26)17-19)22(24(30)25(28)31)21(29)14-13-18-9-6-5-7-10-18/h5-14,17,23,30H,3-4,15-16H2,1-2H3. The molecule has 0 saturated heterocycles. The normalized spacial score (nSPS) is 16.7. The summed E-state index contributed by atoms with van der Waals surface area (Å²) in [6.07, 6.45) is 3.08. The molecule has 162 valence electrons. The molecular weight excluding hydrogens is 412 g/mol. The van der Waals surface area contributed by atoms with Gasteiger partial charge in [-0.05, 0) is 42.4 Å². The Morgan fingerprint density at radius 3 is 2.48 bits per heavy atom. The molecule has 0 bridgehead atoms. The molecule has 1 aliphatic heterocycles. The summed E-state index contributed by atoms with van der Waals surface area (Å²) in [6.45, 7) is 6.85. The molecule has 0 radical (unpaired) electrons. The minimum Gasteiger partial charge on any atom is -0.503 e. The maximum Gasteiger partial charge on any atom is 0.290 e. The summed E-state index contributed by atoms with van der Waals surface area (Å²) in [5.74, 6) is -1.43. The number of aliphatic hydroxyl groups is 1. The Balaban J connectivity index is 1.95. The van der Waals surface area contributed by atoms with E-state index in [1.54, 1.807) is 29.2 Å². The molecule has 1 unspecified atom stereocenters. The largest absolute Gasteiger partial charge is 0.503 e. The van der Waals surface area contributed by atoms with Crippen molar-refractivity contribution in [1.29, 1.82) is 0 Å². The van der Waals surface area contributed by atoms with E-state index in [4.69, 9.17) is 11.6 Å². The van der Waals surface area contributed by atoms with Gasteiger partial charge in [-0.3, -0.25) is 9.59 Å². The lowest BCUT2D eigenvalue weighted by molar-refractivity contribution is -0.129. The van der Waals surface area contributed by atoms with Crippen molar-refractivity contribution in [2.24, 2.45) is 0 Å². The fourth-order valence-corrected chi connectivity index (χ4v) is 3.97. The second-order valence-corrected chi connectivity index (χ2v) is 7.79. The average Bonchev–Trinajstić information content (AvgIpc) is 3.04. The molecule has 1 atom stereocenters. The van der Waals surface area contributed by atoms with Gasteiger partial charge in [0.1, 0.15) is 0 Å². The SMILES string of the molecule is CCN(CC)CCN1C(=O)C(O)=C(C(=O)C=Cc2ccccc2)C1c1cccc(Cl)c1. The van der Waals surface area contributed by atoms with E-state index in [9.17, 15) is 14.7 Å². The maximum atomic E-state index is 13.1. The van der Waals surface area contributed by atoms with Gasteiger partial charge in [-0.15, -0.1) is 0 Å². The second kappa shape index (κ2) is 10.4. The summed E-state index contributed by atoms with van der Waals surface area (Å²) in [5, 5.41) is 11.2. The molecule has 0 spiro atoms. The van der Waals surface area contributed by atoms with Gasteiger partial charge in [-0.1, -0.05) is 74.0 Å². The third kappa shape index (κ3) is 5.24. The van der Waals surface area contributed by atoms with Crippen LogP contribution in [-0.2, 0) is 9.59 Å². The number of rotatable bonds is 9. The van der Waals surface area contributed by atoms with E-state index in [-0.39, 0.29) is 5.57 Å². The lowest BCUT2D eigenvalue weighted by Crippen LogP contribution is -2.38. The molecule has 0 aliphatic carbocycles. The molecular formula is C25H27ClN2O3. The first-order chi connectivity index (χ1) is 15.0. The van der Waals surface area contributed by atoms with Crippen molar-refractivity contribution in [3.8, 4) is 0 Å². The molecule has 2 aromatic rings. The maximum absolute atomic E-state index is 13.1. The van der Waals surface area contributed by atoms with Gasteiger partial charge in [0.15, 0.2) is 11.5 Å². The van der Waals surface area contributed by atoms with Gasteiger partial charge < -0.3 is 14.9 Å². The molecule has 1 aliphatic rings. The van der Waals surface area contributed by atoms with E-state index in [0.717, 1.165) is 18.7 Å². The highest BCUT2D eigenvalue weighted by Gasteiger charge is 2.42. The Hall–Kier alpha value is -2.89. The van der Waals surface area contributed by atoms with Gasteiger partial charge in [0.2, 0.25) is 0 Å². The molecule has 1 N–H and O–H groups in total. The molecule has 6 heteroatoms. The van der Waals surface area contributed by atoms with E-state index in [1.807, 2.05) is 36.4 Å². The van der Waals surface area contributed by atoms with Crippen molar-refractivity contribution < 1.29 is 14.7 Å². The summed E-state index contributed by atoms with van der Waals surface area (Å²) < 4.78 is 0. The van der Waals surface area contributed by atoms with Crippen LogP contribution in [0.25, 0.3) is 6.08 Å². The Labute approximate surface area is 188 Å². The lowest BCUT2D eigenvalue weighted by atomic mass is 9.95. The fraction of sp³-hybridized carbons (Fsp3) is 0.280. The molecule has 3 rings (SSSR count). The number of allylic oxidation sites excluding steroid dienone is 1. The molecule has 5 nitrogen and oxygen atoms in total. The quantitative estimate of drug-likeness (QED) is 0.578. The first kappa shape index (κ1) is 22.8. The van der Waals surface area contributed by atoms with Gasteiger partial charge >= 0.3 is 0 Å². The topological polar surface area (TPSA) is 60.9 Å². The highest BCUT2D eigenvalue weighted by molar-refractivity contribution is 6.30. The highest BCUT2D eigenvalue weighted by atomic mass is 35.5. The van der Waals surface area contributed by atoms with Crippen LogP contribution in [-0.4, -0.2) is 52.8 Å². The summed E-state index contributed by atoms with van der Waals surface area (Å²) in [6, 6.07) is 15.8. The van der Waals surface area contributed by atoms with E-state index in [1.165, 1.54) is 6.08 Å². The van der Waals surface area contributed by atoms with Crippen LogP contribution in [0.2, 0.25) is 5.02 Å². The number of carbonyl (C=O) groups excluding carboxylic acids is 2. The van der Waals surface area contributed by atoms with Gasteiger partial charge in [0.05, 0.1) is 11.6 Å². The summed E-state index contributed by atoms with van der Waals surface area (Å²) in [4.78, 5) is 29.8. The van der Waals surface area contributed by atoms with E-state index < -0.39 is 23.5 Å². The average molecular weight is 439 g/mol. The summed E-state index contributed by atoms with van der Waals surface area (Å²) in [5.41, 5.74) is 1.64. The van der Waals surface area contributed by atoms with Crippen LogP contribution in [0, 0.1) is 0 Å². The predicted octanol–water partition coefficient (Wildman–Crippen LogP) is 4.66. The Bertz CT molecular complexity index is 997. The zero-order valence-corrected chi connectivity index (χ0v) is 18.5. The van der Waals surface area contributed by atoms with Crippen LogP contribution >= 0.6 is 11.6 Å². The molecule has 1 heterocycles. The third-order valence-corrected chi connectivity index (χ3v) is 5.75. The second-order valence-electron chi connectivity index (χ2n) is 7.35. The van der Waals surface area contributed by atoms with E-state index >= 15 is 0 Å². The van der Waals surface area contributed by atoms with Crippen molar-refractivity contribution in [2.75, 3.05) is 26.2 Å². The Kier molecular flexibility index (Phi) is 7.66. The van der Waals surface area contributed by atoms with Crippen molar-refractivity contribution >= 4 is 29.4 Å². The molecule has 0 saturated carbocycles. The number of ketones is 1. The van der Waals surface area contributed by atoms with Crippen LogP contribution in [0.1, 0.15) is 31.0 Å². The van der Waals surface area contributed by atoms with Crippen molar-refractivity contribution in [3.63, 3.8) is 0 Å². The Morgan fingerprint density at radius 1 is 1.13 bits per heavy atom. The number of likely N-dealkylation sites (N-methyl/N-ethyl adjacent to an activating group) is 1. The van der Waals surface area contributed by atoms with Crippen molar-refractivity contribution in [2.45, 2.75) is 19.9 Å². The number of amides is 1. The first-order valence-corrected chi connectivity index (χ1v) is 10.8. The molecule has 0 fully saturated rings. The lowest BCUT2D eigenvalue weighted by Gasteiger charge is -2.29. The summed E-state index contributed by atoms with van der Waals surface area (Å²) in [7, 11) is 0. The van der Waals surface area contributed by atoms with E-state index in [2.05, 4.69) is 18.7 Å². The molecule has 31 heavy (non-hydrogen) atoms. The zero-order chi connectivity index (χ0) is 22.4.